The highest BCUT2D eigenvalue weighted by molar-refractivity contribution is 6.66. The fourth-order valence-electron chi connectivity index (χ4n) is 1.90. The van der Waals surface area contributed by atoms with E-state index in [0.717, 1.165) is 6.04 Å². The van der Waals surface area contributed by atoms with Crippen LogP contribution in [0.1, 0.15) is 34.1 Å². The van der Waals surface area contributed by atoms with Gasteiger partial charge in [-0.2, -0.15) is 5.26 Å². The third-order valence-electron chi connectivity index (χ3n) is 2.26. The Labute approximate surface area is 94.6 Å². The maximum absolute atomic E-state index is 8.74. The maximum atomic E-state index is 8.74. The average molecular weight is 229 g/mol. The lowest BCUT2D eigenvalue weighted by Gasteiger charge is -2.33. The number of hydrogen-bond donors (Lipinski definition) is 0. The highest BCUT2D eigenvalue weighted by Gasteiger charge is 2.37. The van der Waals surface area contributed by atoms with E-state index in [9.17, 15) is 0 Å². The van der Waals surface area contributed by atoms with Gasteiger partial charge in [-0.15, -0.1) is 0 Å². The van der Waals surface area contributed by atoms with Gasteiger partial charge in [0.15, 0.2) is 0 Å². The van der Waals surface area contributed by atoms with E-state index in [2.05, 4.69) is 26.5 Å². The maximum Gasteiger partial charge on any atom is 0.335 e. The summed E-state index contributed by atoms with van der Waals surface area (Å²) in [6, 6.07) is 3.10. The first-order valence-corrected chi connectivity index (χ1v) is 8.06. The molecule has 88 valence electrons. The highest BCUT2D eigenvalue weighted by Crippen LogP contribution is 2.32. The molecular weight excluding hydrogens is 206 g/mol. The summed E-state index contributed by atoms with van der Waals surface area (Å²) in [6.45, 7) is 11.6. The van der Waals surface area contributed by atoms with Gasteiger partial charge in [0.1, 0.15) is 0 Å². The van der Waals surface area contributed by atoms with E-state index < -0.39 is 8.56 Å². The summed E-state index contributed by atoms with van der Waals surface area (Å²) in [5, 5.41) is 8.74. The quantitative estimate of drug-likeness (QED) is 0.630. The van der Waals surface area contributed by atoms with Crippen LogP contribution in [0.15, 0.2) is 0 Å². The second-order valence-corrected chi connectivity index (χ2v) is 7.87. The Hall–Kier alpha value is -0.373. The van der Waals surface area contributed by atoms with Gasteiger partial charge < -0.3 is 8.85 Å². The van der Waals surface area contributed by atoms with E-state index in [4.69, 9.17) is 14.1 Å². The molecule has 0 aromatic rings. The summed E-state index contributed by atoms with van der Waals surface area (Å²) < 4.78 is 11.5. The highest BCUT2D eigenvalue weighted by atomic mass is 28.4. The van der Waals surface area contributed by atoms with Gasteiger partial charge in [-0.25, -0.2) is 0 Å². The largest absolute Gasteiger partial charge is 0.395 e. The molecule has 0 saturated carbocycles. The first-order valence-electron chi connectivity index (χ1n) is 5.54. The molecule has 0 saturated heterocycles. The normalized spacial score (nSPS) is 12.5. The molecule has 3 nitrogen and oxygen atoms in total. The molecular formula is C11H23NO2Si. The molecule has 0 spiro atoms. The number of nitriles is 1. The molecule has 4 heteroatoms. The Kier molecular flexibility index (Phi) is 6.11. The summed E-state index contributed by atoms with van der Waals surface area (Å²) in [4.78, 5) is 0. The Bertz CT molecular complexity index is 217. The smallest absolute Gasteiger partial charge is 0.335 e. The third kappa shape index (κ3) is 5.93. The van der Waals surface area contributed by atoms with Crippen molar-refractivity contribution in [2.75, 3.05) is 13.2 Å². The zero-order valence-electron chi connectivity index (χ0n) is 10.6. The predicted molar refractivity (Wildman–Crippen MR) is 63.7 cm³/mol. The van der Waals surface area contributed by atoms with Crippen LogP contribution in [0.3, 0.4) is 0 Å². The molecule has 15 heavy (non-hydrogen) atoms. The molecule has 0 rings (SSSR count). The third-order valence-corrected chi connectivity index (χ3v) is 5.65. The van der Waals surface area contributed by atoms with Crippen LogP contribution in [0.25, 0.3) is 0 Å². The molecule has 0 atom stereocenters. The van der Waals surface area contributed by atoms with E-state index in [1.807, 2.05) is 13.8 Å². The van der Waals surface area contributed by atoms with E-state index >= 15 is 0 Å². The lowest BCUT2D eigenvalue weighted by molar-refractivity contribution is 0.175. The molecule has 0 radical (unpaired) electrons. The van der Waals surface area contributed by atoms with Crippen molar-refractivity contribution in [3.63, 3.8) is 0 Å². The van der Waals surface area contributed by atoms with E-state index in [-0.39, 0.29) is 5.41 Å². The van der Waals surface area contributed by atoms with Gasteiger partial charge in [0.05, 0.1) is 6.07 Å². The lowest BCUT2D eigenvalue weighted by atomic mass is 9.93. The fraction of sp³-hybridized carbons (Fsp3) is 0.909. The van der Waals surface area contributed by atoms with Crippen molar-refractivity contribution in [1.29, 1.82) is 5.26 Å². The Morgan fingerprint density at radius 2 is 1.67 bits per heavy atom. The van der Waals surface area contributed by atoms with Gasteiger partial charge >= 0.3 is 8.56 Å². The number of nitrogens with zero attached hydrogens (tertiary/aromatic N) is 1. The molecule has 0 aromatic heterocycles. The summed E-state index contributed by atoms with van der Waals surface area (Å²) in [6.07, 6.45) is 0.551. The van der Waals surface area contributed by atoms with Crippen molar-refractivity contribution in [1.82, 2.24) is 0 Å². The molecule has 0 amide bonds. The lowest BCUT2D eigenvalue weighted by Crippen LogP contribution is -2.42. The van der Waals surface area contributed by atoms with Gasteiger partial charge in [-0.1, -0.05) is 13.8 Å². The van der Waals surface area contributed by atoms with Crippen LogP contribution in [0.5, 0.6) is 0 Å². The zero-order valence-corrected chi connectivity index (χ0v) is 11.6. The first-order chi connectivity index (χ1) is 6.89. The minimum absolute atomic E-state index is 0.0138. The van der Waals surface area contributed by atoms with Crippen LogP contribution in [-0.2, 0) is 8.85 Å². The van der Waals surface area contributed by atoms with Gasteiger partial charge in [-0.05, 0) is 31.9 Å². The fourth-order valence-corrected chi connectivity index (χ4v) is 5.27. The van der Waals surface area contributed by atoms with Crippen LogP contribution in [0.2, 0.25) is 12.6 Å². The molecule has 0 aliphatic rings. The van der Waals surface area contributed by atoms with Gasteiger partial charge in [-0.3, -0.25) is 0 Å². The second-order valence-electron chi connectivity index (χ2n) is 4.68. The van der Waals surface area contributed by atoms with Gasteiger partial charge in [0, 0.05) is 19.6 Å². The minimum Gasteiger partial charge on any atom is -0.395 e. The Balaban J connectivity index is 4.46. The molecule has 0 aromatic carbocycles. The van der Waals surface area contributed by atoms with Crippen LogP contribution in [-0.4, -0.2) is 21.8 Å². The first kappa shape index (κ1) is 14.6. The van der Waals surface area contributed by atoms with E-state index in [0.29, 0.717) is 19.6 Å². The minimum atomic E-state index is -2.07. The predicted octanol–water partition coefficient (Wildman–Crippen LogP) is 3.07. The molecule has 0 heterocycles. The van der Waals surface area contributed by atoms with Gasteiger partial charge in [0.2, 0.25) is 0 Å². The summed E-state index contributed by atoms with van der Waals surface area (Å²) in [5.41, 5.74) is -0.0138. The van der Waals surface area contributed by atoms with Crippen LogP contribution in [0.4, 0.5) is 0 Å². The van der Waals surface area contributed by atoms with Crippen molar-refractivity contribution in [2.45, 2.75) is 46.7 Å². The molecule has 0 unspecified atom stereocenters. The van der Waals surface area contributed by atoms with E-state index in [1.165, 1.54) is 0 Å². The van der Waals surface area contributed by atoms with Crippen molar-refractivity contribution in [2.24, 2.45) is 5.41 Å². The van der Waals surface area contributed by atoms with E-state index in [1.54, 1.807) is 0 Å². The standard InChI is InChI=1S/C11H23NO2Si/c1-6-13-15(5,14-7-2)10-11(3,4)8-9-12/h6-8,10H2,1-5H3. The average Bonchev–Trinajstić information content (AvgIpc) is 2.02. The molecule has 0 aliphatic heterocycles. The molecule has 0 N–H and O–H groups in total. The van der Waals surface area contributed by atoms with Crippen molar-refractivity contribution in [3.05, 3.63) is 0 Å². The Morgan fingerprint density at radius 1 is 1.20 bits per heavy atom. The number of hydrogen-bond acceptors (Lipinski definition) is 3. The monoisotopic (exact) mass is 229 g/mol. The second kappa shape index (κ2) is 6.26. The van der Waals surface area contributed by atoms with Crippen LogP contribution in [0, 0.1) is 16.7 Å². The summed E-state index contributed by atoms with van der Waals surface area (Å²) >= 11 is 0. The zero-order chi connectivity index (χ0) is 11.9. The molecule has 0 aliphatic carbocycles. The SMILES string of the molecule is CCO[Si](C)(CC(C)(C)CC#N)OCC. The topological polar surface area (TPSA) is 42.2 Å². The van der Waals surface area contributed by atoms with Crippen molar-refractivity contribution in [3.8, 4) is 6.07 Å². The van der Waals surface area contributed by atoms with Crippen LogP contribution < -0.4 is 0 Å². The van der Waals surface area contributed by atoms with Crippen molar-refractivity contribution >= 4 is 8.56 Å². The summed E-state index contributed by atoms with van der Waals surface area (Å²) in [7, 11) is -2.07. The molecule has 0 fully saturated rings. The van der Waals surface area contributed by atoms with Crippen LogP contribution >= 0.6 is 0 Å². The molecule has 0 bridgehead atoms. The van der Waals surface area contributed by atoms with Crippen molar-refractivity contribution < 1.29 is 8.85 Å². The Morgan fingerprint density at radius 3 is 2.00 bits per heavy atom. The van der Waals surface area contributed by atoms with Gasteiger partial charge in [0.25, 0.3) is 0 Å². The summed E-state index contributed by atoms with van der Waals surface area (Å²) in [5.74, 6) is 0. The number of rotatable bonds is 7.